The lowest BCUT2D eigenvalue weighted by atomic mass is 9.89. The largest absolute Gasteiger partial charge is 0.373 e. The normalized spacial score (nSPS) is 21.1. The third-order valence-corrected chi connectivity index (χ3v) is 5.71. The van der Waals surface area contributed by atoms with E-state index in [9.17, 15) is 0 Å². The Morgan fingerprint density at radius 1 is 1.29 bits per heavy atom. The fourth-order valence-corrected chi connectivity index (χ4v) is 3.51. The molecule has 2 rings (SSSR count). The zero-order valence-corrected chi connectivity index (χ0v) is 20.5. The fourth-order valence-electron chi connectivity index (χ4n) is 3.51. The quantitative estimate of drug-likeness (QED) is 0.321. The molecule has 1 aliphatic heterocycles. The van der Waals surface area contributed by atoms with Crippen molar-refractivity contribution < 1.29 is 4.74 Å². The van der Waals surface area contributed by atoms with E-state index in [1.54, 1.807) is 0 Å². The van der Waals surface area contributed by atoms with Crippen LogP contribution in [0.4, 0.5) is 0 Å². The Morgan fingerprint density at radius 3 is 2.64 bits per heavy atom. The van der Waals surface area contributed by atoms with Crippen LogP contribution < -0.4 is 10.6 Å². The smallest absolute Gasteiger partial charge is 0.191 e. The molecule has 1 heterocycles. The predicted molar refractivity (Wildman–Crippen MR) is 130 cm³/mol. The van der Waals surface area contributed by atoms with Crippen LogP contribution >= 0.6 is 24.0 Å². The number of aryl methyl sites for hydroxylation is 1. The number of ether oxygens (including phenoxy) is 1. The molecule has 5 nitrogen and oxygen atoms in total. The average molecular weight is 502 g/mol. The summed E-state index contributed by atoms with van der Waals surface area (Å²) < 4.78 is 6.13. The zero-order valence-electron chi connectivity index (χ0n) is 18.2. The van der Waals surface area contributed by atoms with Gasteiger partial charge in [0.2, 0.25) is 0 Å². The van der Waals surface area contributed by atoms with Gasteiger partial charge in [-0.05, 0) is 45.7 Å². The van der Waals surface area contributed by atoms with Gasteiger partial charge in [0, 0.05) is 45.2 Å². The van der Waals surface area contributed by atoms with E-state index in [-0.39, 0.29) is 30.1 Å². The van der Waals surface area contributed by atoms with Gasteiger partial charge in [-0.25, -0.2) is 0 Å². The van der Waals surface area contributed by atoms with Crippen molar-refractivity contribution in [2.45, 2.75) is 52.2 Å². The maximum absolute atomic E-state index is 6.13. The van der Waals surface area contributed by atoms with Crippen molar-refractivity contribution in [1.29, 1.82) is 0 Å². The topological polar surface area (TPSA) is 48.9 Å². The SMILES string of the molecule is CCC(C)N(C)CCNC(=NC)NCC1CCCOC1c1ccc(C)cc1.I. The third-order valence-electron chi connectivity index (χ3n) is 5.71. The molecule has 2 N–H and O–H groups in total. The average Bonchev–Trinajstić information content (AvgIpc) is 2.70. The van der Waals surface area contributed by atoms with E-state index < -0.39 is 0 Å². The summed E-state index contributed by atoms with van der Waals surface area (Å²) in [5.74, 6) is 1.34. The lowest BCUT2D eigenvalue weighted by molar-refractivity contribution is -0.0265. The molecule has 6 heteroatoms. The fraction of sp³-hybridized carbons (Fsp3) is 0.682. The first-order chi connectivity index (χ1) is 13.0. The van der Waals surface area contributed by atoms with Crippen LogP contribution in [0.2, 0.25) is 0 Å². The van der Waals surface area contributed by atoms with Crippen LogP contribution in [-0.2, 0) is 4.74 Å². The van der Waals surface area contributed by atoms with E-state index >= 15 is 0 Å². The Hall–Kier alpha value is -0.860. The minimum absolute atomic E-state index is 0. The van der Waals surface area contributed by atoms with Crippen molar-refractivity contribution in [3.63, 3.8) is 0 Å². The molecular weight excluding hydrogens is 463 g/mol. The van der Waals surface area contributed by atoms with Gasteiger partial charge in [0.05, 0.1) is 6.10 Å². The summed E-state index contributed by atoms with van der Waals surface area (Å²) in [4.78, 5) is 6.76. The molecule has 3 atom stereocenters. The van der Waals surface area contributed by atoms with E-state index in [2.05, 4.69) is 72.6 Å². The number of nitrogens with zero attached hydrogens (tertiary/aromatic N) is 2. The van der Waals surface area contributed by atoms with Crippen molar-refractivity contribution in [2.75, 3.05) is 40.3 Å². The molecule has 1 aliphatic rings. The van der Waals surface area contributed by atoms with E-state index in [4.69, 9.17) is 4.74 Å². The predicted octanol–water partition coefficient (Wildman–Crippen LogP) is 3.98. The summed E-state index contributed by atoms with van der Waals surface area (Å²) in [6, 6.07) is 9.36. The van der Waals surface area contributed by atoms with Gasteiger partial charge >= 0.3 is 0 Å². The van der Waals surface area contributed by atoms with Gasteiger partial charge in [-0.1, -0.05) is 36.8 Å². The summed E-state index contributed by atoms with van der Waals surface area (Å²) in [6.07, 6.45) is 3.65. The minimum Gasteiger partial charge on any atom is -0.373 e. The molecule has 0 spiro atoms. The lowest BCUT2D eigenvalue weighted by Gasteiger charge is -2.32. The number of nitrogens with one attached hydrogen (secondary N) is 2. The molecular formula is C22H39IN4O. The highest BCUT2D eigenvalue weighted by Gasteiger charge is 2.27. The van der Waals surface area contributed by atoms with Gasteiger partial charge in [0.1, 0.15) is 0 Å². The molecule has 160 valence electrons. The molecule has 0 amide bonds. The Balaban J connectivity index is 0.00000392. The van der Waals surface area contributed by atoms with Crippen LogP contribution in [-0.4, -0.2) is 57.2 Å². The van der Waals surface area contributed by atoms with Gasteiger partial charge < -0.3 is 20.3 Å². The highest BCUT2D eigenvalue weighted by atomic mass is 127. The second-order valence-corrected chi connectivity index (χ2v) is 7.72. The van der Waals surface area contributed by atoms with E-state index in [0.29, 0.717) is 12.0 Å². The van der Waals surface area contributed by atoms with E-state index in [1.807, 2.05) is 7.05 Å². The minimum atomic E-state index is 0. The third kappa shape index (κ3) is 7.87. The molecule has 3 unspecified atom stereocenters. The maximum atomic E-state index is 6.13. The number of aliphatic imine (C=N–C) groups is 1. The Labute approximate surface area is 188 Å². The lowest BCUT2D eigenvalue weighted by Crippen LogP contribution is -2.44. The molecule has 1 aromatic carbocycles. The summed E-state index contributed by atoms with van der Waals surface area (Å²) in [5.41, 5.74) is 2.57. The Bertz CT molecular complexity index is 578. The monoisotopic (exact) mass is 502 g/mol. The number of guanidine groups is 1. The van der Waals surface area contributed by atoms with Gasteiger partial charge in [-0.15, -0.1) is 24.0 Å². The van der Waals surface area contributed by atoms with Crippen molar-refractivity contribution in [1.82, 2.24) is 15.5 Å². The van der Waals surface area contributed by atoms with Gasteiger partial charge in [-0.3, -0.25) is 4.99 Å². The van der Waals surface area contributed by atoms with Crippen molar-refractivity contribution in [3.8, 4) is 0 Å². The molecule has 0 radical (unpaired) electrons. The molecule has 0 bridgehead atoms. The van der Waals surface area contributed by atoms with Crippen LogP contribution in [0.3, 0.4) is 0 Å². The standard InChI is InChI=1S/C22H38N4O.HI/c1-6-18(3)26(5)14-13-24-22(23-4)25-16-20-8-7-15-27-21(20)19-11-9-17(2)10-12-19;/h9-12,18,20-21H,6-8,13-16H2,1-5H3,(H2,23,24,25);1H. The summed E-state index contributed by atoms with van der Waals surface area (Å²) in [5, 5.41) is 6.94. The molecule has 0 aromatic heterocycles. The van der Waals surface area contributed by atoms with Crippen LogP contribution in [0.15, 0.2) is 29.3 Å². The summed E-state index contributed by atoms with van der Waals surface area (Å²) in [6.45, 7) is 10.2. The molecule has 1 saturated heterocycles. The highest BCUT2D eigenvalue weighted by Crippen LogP contribution is 2.33. The molecule has 0 saturated carbocycles. The van der Waals surface area contributed by atoms with Crippen molar-refractivity contribution >= 4 is 29.9 Å². The number of halogens is 1. The molecule has 28 heavy (non-hydrogen) atoms. The van der Waals surface area contributed by atoms with Crippen molar-refractivity contribution in [3.05, 3.63) is 35.4 Å². The Morgan fingerprint density at radius 2 is 2.00 bits per heavy atom. The van der Waals surface area contributed by atoms with E-state index in [1.165, 1.54) is 24.0 Å². The van der Waals surface area contributed by atoms with Gasteiger partial charge in [0.15, 0.2) is 5.96 Å². The van der Waals surface area contributed by atoms with Gasteiger partial charge in [-0.2, -0.15) is 0 Å². The first-order valence-corrected chi connectivity index (χ1v) is 10.4. The van der Waals surface area contributed by atoms with Crippen LogP contribution in [0.25, 0.3) is 0 Å². The summed E-state index contributed by atoms with van der Waals surface area (Å²) >= 11 is 0. The number of likely N-dealkylation sites (N-methyl/N-ethyl adjacent to an activating group) is 1. The first kappa shape index (κ1) is 25.2. The Kier molecular flexibility index (Phi) is 12.0. The van der Waals surface area contributed by atoms with Crippen LogP contribution in [0.5, 0.6) is 0 Å². The molecule has 1 aromatic rings. The van der Waals surface area contributed by atoms with Crippen LogP contribution in [0, 0.1) is 12.8 Å². The number of hydrogen-bond acceptors (Lipinski definition) is 3. The second kappa shape index (κ2) is 13.4. The highest BCUT2D eigenvalue weighted by molar-refractivity contribution is 14.0. The first-order valence-electron chi connectivity index (χ1n) is 10.4. The van der Waals surface area contributed by atoms with Crippen molar-refractivity contribution in [2.24, 2.45) is 10.9 Å². The molecule has 1 fully saturated rings. The van der Waals surface area contributed by atoms with Crippen LogP contribution in [0.1, 0.15) is 50.3 Å². The van der Waals surface area contributed by atoms with E-state index in [0.717, 1.165) is 38.6 Å². The second-order valence-electron chi connectivity index (χ2n) is 7.72. The van der Waals surface area contributed by atoms with Gasteiger partial charge in [0.25, 0.3) is 0 Å². The maximum Gasteiger partial charge on any atom is 0.191 e. The number of benzene rings is 1. The number of hydrogen-bond donors (Lipinski definition) is 2. The summed E-state index contributed by atoms with van der Waals surface area (Å²) in [7, 11) is 4.01. The molecule has 0 aliphatic carbocycles. The number of rotatable bonds is 8. The zero-order chi connectivity index (χ0) is 19.6.